The van der Waals surface area contributed by atoms with Gasteiger partial charge in [-0.3, -0.25) is 0 Å². The SMILES string of the molecule is Cc1c(C(=O)ONC(c2ccccc2)C(C)(C)C)ccc(Br)c1OCCOC1CCCCO1. The average Bonchev–Trinajstić information content (AvgIpc) is 2.79. The van der Waals surface area contributed by atoms with Crippen LogP contribution in [0.5, 0.6) is 5.75 Å². The van der Waals surface area contributed by atoms with Crippen LogP contribution >= 0.6 is 15.9 Å². The first kappa shape index (κ1) is 25.7. The fraction of sp³-hybridized carbons (Fsp3) is 0.500. The number of rotatable bonds is 9. The first-order valence-corrected chi connectivity index (χ1v) is 12.2. The van der Waals surface area contributed by atoms with Gasteiger partial charge in [-0.05, 0) is 65.2 Å². The third kappa shape index (κ3) is 7.27. The molecule has 0 radical (unpaired) electrons. The number of hydrogen-bond donors (Lipinski definition) is 1. The van der Waals surface area contributed by atoms with Crippen LogP contribution in [0.2, 0.25) is 0 Å². The van der Waals surface area contributed by atoms with Crippen LogP contribution in [0.15, 0.2) is 46.9 Å². The van der Waals surface area contributed by atoms with Crippen LogP contribution in [0.25, 0.3) is 0 Å². The summed E-state index contributed by atoms with van der Waals surface area (Å²) in [4.78, 5) is 18.5. The molecular weight excluding hydrogens is 486 g/mol. The molecule has 1 aliphatic rings. The van der Waals surface area contributed by atoms with Crippen molar-refractivity contribution < 1.29 is 23.8 Å². The van der Waals surface area contributed by atoms with E-state index in [9.17, 15) is 4.79 Å². The summed E-state index contributed by atoms with van der Waals surface area (Å²) in [6, 6.07) is 13.3. The molecule has 2 atom stereocenters. The van der Waals surface area contributed by atoms with Gasteiger partial charge in [0.25, 0.3) is 0 Å². The second-order valence-corrected chi connectivity index (χ2v) is 10.1. The van der Waals surface area contributed by atoms with Gasteiger partial charge in [0.15, 0.2) is 6.29 Å². The predicted octanol–water partition coefficient (Wildman–Crippen LogP) is 6.13. The highest BCUT2D eigenvalue weighted by atomic mass is 79.9. The number of benzene rings is 2. The fourth-order valence-electron chi connectivity index (χ4n) is 3.78. The molecule has 1 N–H and O–H groups in total. The van der Waals surface area contributed by atoms with Gasteiger partial charge in [-0.25, -0.2) is 4.79 Å². The van der Waals surface area contributed by atoms with Crippen molar-refractivity contribution in [1.82, 2.24) is 5.48 Å². The van der Waals surface area contributed by atoms with Gasteiger partial charge in [-0.1, -0.05) is 51.1 Å². The molecule has 0 aromatic heterocycles. The van der Waals surface area contributed by atoms with Crippen molar-refractivity contribution in [2.75, 3.05) is 19.8 Å². The minimum Gasteiger partial charge on any atom is -0.490 e. The second kappa shape index (κ2) is 12.0. The Kier molecular flexibility index (Phi) is 9.32. The maximum atomic E-state index is 12.9. The van der Waals surface area contributed by atoms with Gasteiger partial charge in [0.2, 0.25) is 0 Å². The molecule has 0 amide bonds. The third-order valence-electron chi connectivity index (χ3n) is 5.62. The maximum absolute atomic E-state index is 12.9. The third-order valence-corrected chi connectivity index (χ3v) is 6.24. The monoisotopic (exact) mass is 519 g/mol. The molecule has 0 saturated carbocycles. The fourth-order valence-corrected chi connectivity index (χ4v) is 4.32. The summed E-state index contributed by atoms with van der Waals surface area (Å²) < 4.78 is 18.0. The number of nitrogens with one attached hydrogen (secondary N) is 1. The van der Waals surface area contributed by atoms with E-state index in [0.29, 0.717) is 30.1 Å². The molecule has 6 nitrogen and oxygen atoms in total. The van der Waals surface area contributed by atoms with Crippen LogP contribution in [0, 0.1) is 12.3 Å². The van der Waals surface area contributed by atoms with Crippen molar-refractivity contribution in [3.63, 3.8) is 0 Å². The molecule has 0 spiro atoms. The molecule has 2 aromatic carbocycles. The van der Waals surface area contributed by atoms with Gasteiger partial charge >= 0.3 is 5.97 Å². The Morgan fingerprint density at radius 3 is 2.58 bits per heavy atom. The first-order chi connectivity index (χ1) is 15.8. The van der Waals surface area contributed by atoms with E-state index < -0.39 is 5.97 Å². The lowest BCUT2D eigenvalue weighted by atomic mass is 9.83. The Morgan fingerprint density at radius 2 is 1.91 bits per heavy atom. The summed E-state index contributed by atoms with van der Waals surface area (Å²) >= 11 is 3.52. The number of ether oxygens (including phenoxy) is 3. The second-order valence-electron chi connectivity index (χ2n) is 9.28. The Morgan fingerprint density at radius 1 is 1.15 bits per heavy atom. The zero-order chi connectivity index (χ0) is 23.8. The minimum absolute atomic E-state index is 0.153. The van der Waals surface area contributed by atoms with E-state index in [0.717, 1.165) is 35.9 Å². The molecule has 1 aliphatic heterocycles. The zero-order valence-electron chi connectivity index (χ0n) is 19.9. The summed E-state index contributed by atoms with van der Waals surface area (Å²) in [5.41, 5.74) is 5.03. The summed E-state index contributed by atoms with van der Waals surface area (Å²) in [5, 5.41) is 0. The number of carbonyl (C=O) groups excluding carboxylic acids is 1. The van der Waals surface area contributed by atoms with Crippen LogP contribution in [-0.2, 0) is 14.3 Å². The molecule has 3 rings (SSSR count). The molecule has 1 fully saturated rings. The normalized spacial score (nSPS) is 17.4. The Bertz CT molecular complexity index is 907. The molecule has 33 heavy (non-hydrogen) atoms. The van der Waals surface area contributed by atoms with Crippen LogP contribution in [0.4, 0.5) is 0 Å². The molecule has 180 valence electrons. The number of hydroxylamine groups is 1. The number of hydrogen-bond acceptors (Lipinski definition) is 6. The van der Waals surface area contributed by atoms with Crippen molar-refractivity contribution in [2.45, 2.75) is 59.3 Å². The Balaban J connectivity index is 1.61. The van der Waals surface area contributed by atoms with Crippen LogP contribution in [-0.4, -0.2) is 32.1 Å². The number of halogens is 1. The molecule has 0 bridgehead atoms. The summed E-state index contributed by atoms with van der Waals surface area (Å²) in [5.74, 6) is 0.148. The van der Waals surface area contributed by atoms with E-state index in [1.165, 1.54) is 0 Å². The van der Waals surface area contributed by atoms with Crippen LogP contribution < -0.4 is 10.2 Å². The highest BCUT2D eigenvalue weighted by Gasteiger charge is 2.28. The van der Waals surface area contributed by atoms with Crippen molar-refractivity contribution in [2.24, 2.45) is 5.41 Å². The van der Waals surface area contributed by atoms with Crippen molar-refractivity contribution in [1.29, 1.82) is 0 Å². The molecule has 0 aliphatic carbocycles. The molecule has 7 heteroatoms. The first-order valence-electron chi connectivity index (χ1n) is 11.4. The van der Waals surface area contributed by atoms with E-state index in [4.69, 9.17) is 19.0 Å². The standard InChI is InChI=1S/C26H34BrNO5/c1-18-20(25(29)33-28-24(26(2,3)4)19-10-6-5-7-11-19)13-14-21(27)23(18)32-17-16-31-22-12-8-9-15-30-22/h5-7,10-11,13-14,22,24,28H,8-9,12,15-17H2,1-4H3. The van der Waals surface area contributed by atoms with Crippen molar-refractivity contribution in [3.05, 3.63) is 63.6 Å². The predicted molar refractivity (Wildman–Crippen MR) is 131 cm³/mol. The van der Waals surface area contributed by atoms with Gasteiger partial charge in [0.05, 0.1) is 22.7 Å². The lowest BCUT2D eigenvalue weighted by molar-refractivity contribution is -0.165. The lowest BCUT2D eigenvalue weighted by Gasteiger charge is -2.31. The summed E-state index contributed by atoms with van der Waals surface area (Å²) in [6.45, 7) is 9.66. The van der Waals surface area contributed by atoms with E-state index in [-0.39, 0.29) is 17.7 Å². The Hall–Kier alpha value is -1.93. The van der Waals surface area contributed by atoms with Gasteiger partial charge in [0, 0.05) is 12.2 Å². The van der Waals surface area contributed by atoms with E-state index in [2.05, 4.69) is 42.2 Å². The van der Waals surface area contributed by atoms with E-state index in [1.807, 2.05) is 37.3 Å². The molecule has 1 saturated heterocycles. The van der Waals surface area contributed by atoms with Gasteiger partial charge in [-0.2, -0.15) is 0 Å². The molecule has 2 aromatic rings. The molecular formula is C26H34BrNO5. The highest BCUT2D eigenvalue weighted by molar-refractivity contribution is 9.10. The maximum Gasteiger partial charge on any atom is 0.357 e. The van der Waals surface area contributed by atoms with E-state index in [1.54, 1.807) is 12.1 Å². The van der Waals surface area contributed by atoms with E-state index >= 15 is 0 Å². The van der Waals surface area contributed by atoms with Gasteiger partial charge in [-0.15, -0.1) is 5.48 Å². The lowest BCUT2D eigenvalue weighted by Crippen LogP contribution is -2.34. The van der Waals surface area contributed by atoms with Crippen LogP contribution in [0.3, 0.4) is 0 Å². The summed E-state index contributed by atoms with van der Waals surface area (Å²) in [6.07, 6.45) is 2.96. The highest BCUT2D eigenvalue weighted by Crippen LogP contribution is 2.34. The van der Waals surface area contributed by atoms with Crippen LogP contribution in [0.1, 0.15) is 67.6 Å². The molecule has 2 unspecified atom stereocenters. The van der Waals surface area contributed by atoms with Crippen molar-refractivity contribution >= 4 is 21.9 Å². The zero-order valence-corrected chi connectivity index (χ0v) is 21.4. The topological polar surface area (TPSA) is 66.0 Å². The number of carbonyl (C=O) groups is 1. The minimum atomic E-state index is -0.457. The molecule has 1 heterocycles. The average molecular weight is 520 g/mol. The smallest absolute Gasteiger partial charge is 0.357 e. The summed E-state index contributed by atoms with van der Waals surface area (Å²) in [7, 11) is 0. The van der Waals surface area contributed by atoms with Gasteiger partial charge in [0.1, 0.15) is 12.4 Å². The van der Waals surface area contributed by atoms with Gasteiger partial charge < -0.3 is 19.0 Å². The van der Waals surface area contributed by atoms with Crippen molar-refractivity contribution in [3.8, 4) is 5.75 Å². The quantitative estimate of drug-likeness (QED) is 0.317. The Labute approximate surface area is 205 Å². The largest absolute Gasteiger partial charge is 0.490 e.